The summed E-state index contributed by atoms with van der Waals surface area (Å²) in [5.41, 5.74) is 0. The van der Waals surface area contributed by atoms with Crippen LogP contribution in [0.2, 0.25) is 0 Å². The lowest BCUT2D eigenvalue weighted by Crippen LogP contribution is -2.00. The minimum Gasteiger partial charge on any atom is -0.165 e. The highest BCUT2D eigenvalue weighted by molar-refractivity contribution is 7.29. The molecule has 0 amide bonds. The predicted molar refractivity (Wildman–Crippen MR) is 128 cm³/mol. The first kappa shape index (κ1) is 22.9. The maximum absolute atomic E-state index is 12.9. The number of hydrogen-bond acceptors (Lipinski definition) is 5. The maximum Gasteiger partial charge on any atom is 0.425 e. The van der Waals surface area contributed by atoms with Crippen molar-refractivity contribution in [3.63, 3.8) is 0 Å². The van der Waals surface area contributed by atoms with E-state index in [2.05, 4.69) is 0 Å². The van der Waals surface area contributed by atoms with E-state index in [1.54, 1.807) is 11.3 Å². The molecule has 0 bridgehead atoms. The lowest BCUT2D eigenvalue weighted by atomic mass is 10.3. The highest BCUT2D eigenvalue weighted by Crippen LogP contribution is 2.46. The van der Waals surface area contributed by atoms with E-state index in [1.165, 1.54) is 34.8 Å². The van der Waals surface area contributed by atoms with E-state index >= 15 is 0 Å². The first-order valence-corrected chi connectivity index (χ1v) is 13.3. The molecule has 5 heterocycles. The molecule has 0 saturated carbocycles. The lowest BCUT2D eigenvalue weighted by molar-refractivity contribution is -0.135. The zero-order valence-electron chi connectivity index (χ0n) is 16.1. The molecule has 0 unspecified atom stereocenters. The normalized spacial score (nSPS) is 12.5. The molecule has 5 aromatic heterocycles. The number of hydrogen-bond donors (Lipinski definition) is 0. The molecule has 0 saturated heterocycles. The van der Waals surface area contributed by atoms with Crippen molar-refractivity contribution >= 4 is 56.7 Å². The van der Waals surface area contributed by atoms with Crippen molar-refractivity contribution < 1.29 is 26.3 Å². The van der Waals surface area contributed by atoms with Crippen LogP contribution in [0.4, 0.5) is 26.3 Å². The molecule has 0 spiro atoms. The van der Waals surface area contributed by atoms with Crippen LogP contribution in [0.25, 0.3) is 39.0 Å². The Bertz CT molecular complexity index is 1300. The van der Waals surface area contributed by atoms with Crippen LogP contribution in [-0.4, -0.2) is 0 Å². The third-order valence-electron chi connectivity index (χ3n) is 4.56. The van der Waals surface area contributed by atoms with Crippen molar-refractivity contribution in [1.82, 2.24) is 0 Å². The summed E-state index contributed by atoms with van der Waals surface area (Å²) in [6.45, 7) is 0. The Morgan fingerprint density at radius 2 is 0.545 bits per heavy atom. The predicted octanol–water partition coefficient (Wildman–Crippen LogP) is 10.7. The number of alkyl halides is 6. The van der Waals surface area contributed by atoms with Gasteiger partial charge in [-0.25, -0.2) is 0 Å². The van der Waals surface area contributed by atoms with Gasteiger partial charge in [0.15, 0.2) is 0 Å². The SMILES string of the molecule is FC(F)(F)c1ccc(-c2ccc(-c3ccc(-c4ccc(-c5ccc(C(F)(F)F)s5)s4)s3)s2)s1. The lowest BCUT2D eigenvalue weighted by Gasteiger charge is -2.00. The fourth-order valence-electron chi connectivity index (χ4n) is 3.05. The number of halogens is 6. The minimum absolute atomic E-state index is 0.576. The van der Waals surface area contributed by atoms with Crippen LogP contribution in [-0.2, 0) is 12.4 Å². The van der Waals surface area contributed by atoms with E-state index < -0.39 is 22.1 Å². The van der Waals surface area contributed by atoms with Crippen molar-refractivity contribution in [3.8, 4) is 39.0 Å². The van der Waals surface area contributed by atoms with Gasteiger partial charge in [-0.3, -0.25) is 0 Å². The third-order valence-corrected chi connectivity index (χ3v) is 10.9. The molecule has 0 fully saturated rings. The second kappa shape index (κ2) is 8.38. The second-order valence-electron chi connectivity index (χ2n) is 6.82. The Labute approximate surface area is 204 Å². The summed E-state index contributed by atoms with van der Waals surface area (Å²) < 4.78 is 77.3. The van der Waals surface area contributed by atoms with Crippen LogP contribution in [0.1, 0.15) is 9.75 Å². The van der Waals surface area contributed by atoms with Crippen LogP contribution in [0.15, 0.2) is 60.7 Å². The molecule has 33 heavy (non-hydrogen) atoms. The average molecular weight is 549 g/mol. The molecule has 0 N–H and O–H groups in total. The summed E-state index contributed by atoms with van der Waals surface area (Å²) in [4.78, 5) is 5.34. The Balaban J connectivity index is 1.36. The molecule has 5 rings (SSSR count). The summed E-state index contributed by atoms with van der Waals surface area (Å²) in [5.74, 6) is 0. The smallest absolute Gasteiger partial charge is 0.165 e. The Hall–Kier alpha value is -1.92. The van der Waals surface area contributed by atoms with E-state index in [4.69, 9.17) is 0 Å². The van der Waals surface area contributed by atoms with Gasteiger partial charge in [0.05, 0.1) is 0 Å². The first-order chi connectivity index (χ1) is 15.6. The fourth-order valence-corrected chi connectivity index (χ4v) is 8.18. The molecule has 0 aromatic carbocycles. The molecular formula is C22H10F6S5. The quantitative estimate of drug-likeness (QED) is 0.196. The van der Waals surface area contributed by atoms with Gasteiger partial charge in [-0.2, -0.15) is 26.3 Å². The zero-order chi connectivity index (χ0) is 23.4. The highest BCUT2D eigenvalue weighted by atomic mass is 32.1. The standard InChI is InChI=1S/C22H10F6S5/c23-21(24,25)19-9-7-17(32-19)15-5-3-13(30-15)11-1-2-12(29-11)14-4-6-16(31-14)18-8-10-20(33-18)22(26,27)28/h1-10H. The molecular weight excluding hydrogens is 539 g/mol. The van der Waals surface area contributed by atoms with Gasteiger partial charge in [-0.15, -0.1) is 56.7 Å². The summed E-state index contributed by atoms with van der Waals surface area (Å²) in [6, 6.07) is 16.5. The van der Waals surface area contributed by atoms with Crippen molar-refractivity contribution in [2.75, 3.05) is 0 Å². The van der Waals surface area contributed by atoms with Crippen LogP contribution >= 0.6 is 56.7 Å². The average Bonchev–Trinajstić information content (AvgIpc) is 3.56. The molecule has 0 aliphatic carbocycles. The molecule has 0 radical (unpaired) electrons. The number of thiophene rings is 5. The Morgan fingerprint density at radius 3 is 0.758 bits per heavy atom. The van der Waals surface area contributed by atoms with E-state index in [1.807, 2.05) is 36.4 Å². The Morgan fingerprint density at radius 1 is 0.333 bits per heavy atom. The van der Waals surface area contributed by atoms with Gasteiger partial charge >= 0.3 is 12.4 Å². The van der Waals surface area contributed by atoms with Crippen molar-refractivity contribution in [1.29, 1.82) is 0 Å². The zero-order valence-corrected chi connectivity index (χ0v) is 20.2. The van der Waals surface area contributed by atoms with Gasteiger partial charge in [-0.05, 0) is 60.7 Å². The van der Waals surface area contributed by atoms with Crippen molar-refractivity contribution in [3.05, 3.63) is 70.4 Å². The van der Waals surface area contributed by atoms with E-state index in [9.17, 15) is 26.3 Å². The van der Waals surface area contributed by atoms with E-state index in [0.717, 1.165) is 64.1 Å². The monoisotopic (exact) mass is 548 g/mol. The molecule has 5 aromatic rings. The maximum atomic E-state index is 12.9. The summed E-state index contributed by atoms with van der Waals surface area (Å²) in [5, 5.41) is 0. The second-order valence-corrected chi connectivity index (χ2v) is 12.2. The van der Waals surface area contributed by atoms with Gasteiger partial charge in [0.25, 0.3) is 0 Å². The third kappa shape index (κ3) is 4.69. The van der Waals surface area contributed by atoms with Gasteiger partial charge in [-0.1, -0.05) is 0 Å². The van der Waals surface area contributed by atoms with Crippen molar-refractivity contribution in [2.24, 2.45) is 0 Å². The topological polar surface area (TPSA) is 0 Å². The fraction of sp³-hybridized carbons (Fsp3) is 0.0909. The largest absolute Gasteiger partial charge is 0.425 e. The summed E-state index contributed by atoms with van der Waals surface area (Å²) in [6.07, 6.45) is -8.69. The Kier molecular flexibility index (Phi) is 5.81. The minimum atomic E-state index is -4.34. The van der Waals surface area contributed by atoms with Gasteiger partial charge in [0.1, 0.15) is 9.75 Å². The molecule has 11 heteroatoms. The van der Waals surface area contributed by atoms with Crippen molar-refractivity contribution in [2.45, 2.75) is 12.4 Å². The molecule has 170 valence electrons. The van der Waals surface area contributed by atoms with Gasteiger partial charge in [0, 0.05) is 39.0 Å². The van der Waals surface area contributed by atoms with E-state index in [-0.39, 0.29) is 0 Å². The highest BCUT2D eigenvalue weighted by Gasteiger charge is 2.33. The molecule has 0 aliphatic rings. The first-order valence-electron chi connectivity index (χ1n) is 9.23. The molecule has 0 atom stereocenters. The molecule has 0 nitrogen and oxygen atoms in total. The van der Waals surface area contributed by atoms with Gasteiger partial charge < -0.3 is 0 Å². The van der Waals surface area contributed by atoms with Crippen LogP contribution in [0, 0.1) is 0 Å². The van der Waals surface area contributed by atoms with Crippen LogP contribution in [0.5, 0.6) is 0 Å². The van der Waals surface area contributed by atoms with E-state index in [0.29, 0.717) is 9.75 Å². The number of rotatable bonds is 4. The van der Waals surface area contributed by atoms with Gasteiger partial charge in [0.2, 0.25) is 0 Å². The van der Waals surface area contributed by atoms with Crippen LogP contribution < -0.4 is 0 Å². The van der Waals surface area contributed by atoms with Crippen LogP contribution in [0.3, 0.4) is 0 Å². The summed E-state index contributed by atoms with van der Waals surface area (Å²) in [7, 11) is 0. The summed E-state index contributed by atoms with van der Waals surface area (Å²) >= 11 is 5.86. The molecule has 0 aliphatic heterocycles.